The summed E-state index contributed by atoms with van der Waals surface area (Å²) in [6.07, 6.45) is 11.7. The van der Waals surface area contributed by atoms with E-state index in [1.807, 2.05) is 50.3 Å². The number of allylic oxidation sites excluding steroid dienone is 8. The molecule has 0 aromatic carbocycles. The largest absolute Gasteiger partial charge is 0.0988 e. The third-order valence-corrected chi connectivity index (χ3v) is 1.47. The van der Waals surface area contributed by atoms with E-state index in [0.29, 0.717) is 0 Å². The van der Waals surface area contributed by atoms with Crippen LogP contribution in [0.5, 0.6) is 0 Å². The zero-order valence-electron chi connectivity index (χ0n) is 7.88. The predicted molar refractivity (Wildman–Crippen MR) is 57.0 cm³/mol. The molecule has 0 bridgehead atoms. The minimum Gasteiger partial charge on any atom is -0.0988 e. The highest BCUT2D eigenvalue weighted by molar-refractivity contribution is 5.25. The number of hydrogen-bond donors (Lipinski definition) is 0. The van der Waals surface area contributed by atoms with Gasteiger partial charge in [-0.15, -0.1) is 0 Å². The lowest BCUT2D eigenvalue weighted by molar-refractivity contribution is 1.52. The van der Waals surface area contributed by atoms with Gasteiger partial charge in [0.2, 0.25) is 0 Å². The molecule has 0 atom stereocenters. The lowest BCUT2D eigenvalue weighted by Crippen LogP contribution is -1.64. The molecule has 0 N–H and O–H groups in total. The number of hydrogen-bond acceptors (Lipinski definition) is 0. The molecule has 12 heavy (non-hydrogen) atoms. The molecule has 0 spiro atoms. The number of rotatable bonds is 4. The normalized spacial score (nSPS) is 13.5. The Kier molecular flexibility index (Phi) is 5.72. The summed E-state index contributed by atoms with van der Waals surface area (Å²) < 4.78 is 0. The van der Waals surface area contributed by atoms with Crippen molar-refractivity contribution in [2.24, 2.45) is 0 Å². The van der Waals surface area contributed by atoms with Gasteiger partial charge in [-0.2, -0.15) is 0 Å². The molecule has 0 aromatic rings. The van der Waals surface area contributed by atoms with Gasteiger partial charge in [-0.3, -0.25) is 0 Å². The van der Waals surface area contributed by atoms with Crippen molar-refractivity contribution in [1.82, 2.24) is 0 Å². The Morgan fingerprint density at radius 2 is 1.17 bits per heavy atom. The lowest BCUT2D eigenvalue weighted by Gasteiger charge is -1.85. The molecule has 0 aliphatic carbocycles. The second kappa shape index (κ2) is 6.41. The first-order chi connectivity index (χ1) is 5.70. The van der Waals surface area contributed by atoms with Crippen molar-refractivity contribution < 1.29 is 0 Å². The van der Waals surface area contributed by atoms with Crippen LogP contribution in [0.15, 0.2) is 60.8 Å². The van der Waals surface area contributed by atoms with Crippen LogP contribution in [0.1, 0.15) is 13.8 Å². The van der Waals surface area contributed by atoms with Gasteiger partial charge >= 0.3 is 0 Å². The van der Waals surface area contributed by atoms with E-state index in [1.165, 1.54) is 0 Å². The zero-order chi connectivity index (χ0) is 9.40. The first kappa shape index (κ1) is 10.7. The minimum atomic E-state index is 1.16. The smallest absolute Gasteiger partial charge is 0.0398 e. The van der Waals surface area contributed by atoms with E-state index in [9.17, 15) is 0 Å². The summed E-state index contributed by atoms with van der Waals surface area (Å²) in [5.41, 5.74) is 2.33. The highest BCUT2D eigenvalue weighted by atomic mass is 13.8. The summed E-state index contributed by atoms with van der Waals surface area (Å²) in [5.74, 6) is 0. The molecule has 0 heterocycles. The summed E-state index contributed by atoms with van der Waals surface area (Å²) in [7, 11) is 0. The Morgan fingerprint density at radius 1 is 0.833 bits per heavy atom. The van der Waals surface area contributed by atoms with Crippen LogP contribution in [0.3, 0.4) is 0 Å². The van der Waals surface area contributed by atoms with Gasteiger partial charge < -0.3 is 0 Å². The Morgan fingerprint density at radius 3 is 1.42 bits per heavy atom. The Labute approximate surface area is 75.3 Å². The molecule has 0 nitrogen and oxygen atoms in total. The van der Waals surface area contributed by atoms with Crippen molar-refractivity contribution in [3.8, 4) is 0 Å². The van der Waals surface area contributed by atoms with E-state index in [-0.39, 0.29) is 0 Å². The summed E-state index contributed by atoms with van der Waals surface area (Å²) in [6.45, 7) is 11.3. The van der Waals surface area contributed by atoms with E-state index in [2.05, 4.69) is 13.2 Å². The van der Waals surface area contributed by atoms with E-state index >= 15 is 0 Å². The van der Waals surface area contributed by atoms with Gasteiger partial charge in [0.05, 0.1) is 0 Å². The molecular formula is C12H16. The summed E-state index contributed by atoms with van der Waals surface area (Å²) in [6, 6.07) is 0. The maximum absolute atomic E-state index is 3.66. The van der Waals surface area contributed by atoms with Crippen LogP contribution >= 0.6 is 0 Å². The van der Waals surface area contributed by atoms with Crippen molar-refractivity contribution in [2.45, 2.75) is 13.8 Å². The summed E-state index contributed by atoms with van der Waals surface area (Å²) in [5, 5.41) is 0. The molecule has 0 radical (unpaired) electrons. The van der Waals surface area contributed by atoms with Gasteiger partial charge in [0, 0.05) is 0 Å². The van der Waals surface area contributed by atoms with Crippen LogP contribution in [0.4, 0.5) is 0 Å². The fourth-order valence-electron chi connectivity index (χ4n) is 0.551. The van der Waals surface area contributed by atoms with Crippen molar-refractivity contribution >= 4 is 0 Å². The second-order valence-electron chi connectivity index (χ2n) is 2.61. The zero-order valence-corrected chi connectivity index (χ0v) is 7.88. The standard InChI is InChI=1S/C12H16/c1-5-11(3)9-7-8-10-12(4)6-2/h5-10H,1-2H2,3-4H3/b8-7+,11-9+,12-10+. The molecule has 0 aromatic heterocycles. The molecule has 0 aliphatic heterocycles. The molecule has 0 aliphatic rings. The second-order valence-corrected chi connectivity index (χ2v) is 2.61. The van der Waals surface area contributed by atoms with Crippen LogP contribution in [0.2, 0.25) is 0 Å². The Hall–Kier alpha value is -1.30. The molecule has 0 rings (SSSR count). The first-order valence-electron chi connectivity index (χ1n) is 3.97. The van der Waals surface area contributed by atoms with Crippen LogP contribution in [-0.2, 0) is 0 Å². The van der Waals surface area contributed by atoms with Crippen molar-refractivity contribution in [3.63, 3.8) is 0 Å². The summed E-state index contributed by atoms with van der Waals surface area (Å²) in [4.78, 5) is 0. The van der Waals surface area contributed by atoms with Gasteiger partial charge in [-0.25, -0.2) is 0 Å². The molecule has 0 saturated heterocycles. The topological polar surface area (TPSA) is 0 Å². The van der Waals surface area contributed by atoms with E-state index < -0.39 is 0 Å². The quantitative estimate of drug-likeness (QED) is 0.549. The van der Waals surface area contributed by atoms with Crippen LogP contribution < -0.4 is 0 Å². The van der Waals surface area contributed by atoms with E-state index in [0.717, 1.165) is 11.1 Å². The monoisotopic (exact) mass is 160 g/mol. The fourth-order valence-corrected chi connectivity index (χ4v) is 0.551. The summed E-state index contributed by atoms with van der Waals surface area (Å²) >= 11 is 0. The molecule has 64 valence electrons. The highest BCUT2D eigenvalue weighted by Crippen LogP contribution is 1.95. The first-order valence-corrected chi connectivity index (χ1v) is 3.97. The Bertz CT molecular complexity index is 211. The molecule has 0 heteroatoms. The third-order valence-electron chi connectivity index (χ3n) is 1.47. The average molecular weight is 160 g/mol. The molecule has 0 unspecified atom stereocenters. The van der Waals surface area contributed by atoms with E-state index in [1.54, 1.807) is 0 Å². The maximum atomic E-state index is 3.66. The Balaban J connectivity index is 4.09. The minimum absolute atomic E-state index is 1.16. The average Bonchev–Trinajstić information content (AvgIpc) is 2.11. The van der Waals surface area contributed by atoms with Gasteiger partial charge in [-0.05, 0) is 13.8 Å². The van der Waals surface area contributed by atoms with Crippen LogP contribution in [-0.4, -0.2) is 0 Å². The van der Waals surface area contributed by atoms with E-state index in [4.69, 9.17) is 0 Å². The molecule has 0 saturated carbocycles. The SMILES string of the molecule is C=C/C(C)=C/C=C/C=C(\C)C=C. The van der Waals surface area contributed by atoms with Gasteiger partial charge in [-0.1, -0.05) is 60.8 Å². The fraction of sp³-hybridized carbons (Fsp3) is 0.167. The van der Waals surface area contributed by atoms with Crippen molar-refractivity contribution in [2.75, 3.05) is 0 Å². The van der Waals surface area contributed by atoms with Crippen LogP contribution in [0.25, 0.3) is 0 Å². The third kappa shape index (κ3) is 5.48. The molecule has 0 fully saturated rings. The van der Waals surface area contributed by atoms with Crippen LogP contribution in [0, 0.1) is 0 Å². The molecule has 0 amide bonds. The molecular weight excluding hydrogens is 144 g/mol. The lowest BCUT2D eigenvalue weighted by atomic mass is 10.2. The van der Waals surface area contributed by atoms with Gasteiger partial charge in [0.25, 0.3) is 0 Å². The predicted octanol–water partition coefficient (Wildman–Crippen LogP) is 3.81. The van der Waals surface area contributed by atoms with Gasteiger partial charge in [0.1, 0.15) is 0 Å². The van der Waals surface area contributed by atoms with Crippen molar-refractivity contribution in [1.29, 1.82) is 0 Å². The van der Waals surface area contributed by atoms with Gasteiger partial charge in [0.15, 0.2) is 0 Å². The van der Waals surface area contributed by atoms with Crippen molar-refractivity contribution in [3.05, 3.63) is 60.8 Å². The maximum Gasteiger partial charge on any atom is -0.0398 e. The highest BCUT2D eigenvalue weighted by Gasteiger charge is 1.74.